The largest absolute Gasteiger partial charge is 0.508 e. The smallest absolute Gasteiger partial charge is 0.228 e. The van der Waals surface area contributed by atoms with Crippen LogP contribution in [0.15, 0.2) is 36.4 Å². The lowest BCUT2D eigenvalue weighted by Gasteiger charge is -2.11. The van der Waals surface area contributed by atoms with Crippen molar-refractivity contribution >= 4 is 23.2 Å². The molecule has 2 aromatic rings. The molecule has 0 aliphatic rings. The summed E-state index contributed by atoms with van der Waals surface area (Å²) in [4.78, 5) is 12.0. The molecule has 0 bridgehead atoms. The van der Waals surface area contributed by atoms with E-state index in [4.69, 9.17) is 11.6 Å². The number of rotatable bonds is 3. The van der Waals surface area contributed by atoms with E-state index in [-0.39, 0.29) is 18.1 Å². The zero-order valence-electron chi connectivity index (χ0n) is 11.4. The number of phenols is 1. The van der Waals surface area contributed by atoms with Gasteiger partial charge < -0.3 is 10.4 Å². The summed E-state index contributed by atoms with van der Waals surface area (Å²) in [6.07, 6.45) is 0.264. The molecule has 2 rings (SSSR count). The van der Waals surface area contributed by atoms with E-state index >= 15 is 0 Å². The fraction of sp³-hybridized carbons (Fsp3) is 0.188. The standard InChI is InChI=1S/C16H16ClNO2/c1-10-7-15(19)11(2)6-14(10)18-16(20)9-12-4-3-5-13(17)8-12/h3-8,19H,9H2,1-2H3,(H,18,20). The van der Waals surface area contributed by atoms with Crippen molar-refractivity contribution in [2.24, 2.45) is 0 Å². The van der Waals surface area contributed by atoms with E-state index in [2.05, 4.69) is 5.32 Å². The van der Waals surface area contributed by atoms with Gasteiger partial charge in [0.15, 0.2) is 0 Å². The monoisotopic (exact) mass is 289 g/mol. The summed E-state index contributed by atoms with van der Waals surface area (Å²) in [5.74, 6) is 0.121. The van der Waals surface area contributed by atoms with Crippen molar-refractivity contribution in [3.63, 3.8) is 0 Å². The van der Waals surface area contributed by atoms with E-state index in [1.54, 1.807) is 31.2 Å². The number of carbonyl (C=O) groups excluding carboxylic acids is 1. The Morgan fingerprint density at radius 3 is 2.65 bits per heavy atom. The first-order valence-corrected chi connectivity index (χ1v) is 6.68. The summed E-state index contributed by atoms with van der Waals surface area (Å²) in [6.45, 7) is 3.63. The van der Waals surface area contributed by atoms with Gasteiger partial charge >= 0.3 is 0 Å². The third kappa shape index (κ3) is 3.52. The first-order chi connectivity index (χ1) is 9.45. The van der Waals surface area contributed by atoms with E-state index < -0.39 is 0 Å². The zero-order valence-corrected chi connectivity index (χ0v) is 12.2. The van der Waals surface area contributed by atoms with Gasteiger partial charge in [-0.2, -0.15) is 0 Å². The van der Waals surface area contributed by atoms with Gasteiger partial charge in [-0.25, -0.2) is 0 Å². The quantitative estimate of drug-likeness (QED) is 0.843. The third-order valence-electron chi connectivity index (χ3n) is 3.07. The summed E-state index contributed by atoms with van der Waals surface area (Å²) in [6, 6.07) is 10.6. The van der Waals surface area contributed by atoms with Crippen LogP contribution in [-0.4, -0.2) is 11.0 Å². The average Bonchev–Trinajstić information content (AvgIpc) is 2.36. The number of carbonyl (C=O) groups is 1. The van der Waals surface area contributed by atoms with Gasteiger partial charge in [0.2, 0.25) is 5.91 Å². The van der Waals surface area contributed by atoms with Crippen molar-refractivity contribution in [1.29, 1.82) is 0 Å². The summed E-state index contributed by atoms with van der Waals surface area (Å²) < 4.78 is 0. The topological polar surface area (TPSA) is 49.3 Å². The van der Waals surface area contributed by atoms with Crippen molar-refractivity contribution in [3.8, 4) is 5.75 Å². The van der Waals surface area contributed by atoms with Crippen molar-refractivity contribution in [2.45, 2.75) is 20.3 Å². The lowest BCUT2D eigenvalue weighted by atomic mass is 10.1. The predicted octanol–water partition coefficient (Wildman–Crippen LogP) is 3.84. The molecular weight excluding hydrogens is 274 g/mol. The number of phenolic OH excluding ortho intramolecular Hbond substituents is 1. The Hall–Kier alpha value is -2.00. The number of hydrogen-bond acceptors (Lipinski definition) is 2. The Morgan fingerprint density at radius 2 is 1.95 bits per heavy atom. The second kappa shape index (κ2) is 5.97. The minimum absolute atomic E-state index is 0.111. The zero-order chi connectivity index (χ0) is 14.7. The molecule has 20 heavy (non-hydrogen) atoms. The highest BCUT2D eigenvalue weighted by Crippen LogP contribution is 2.25. The van der Waals surface area contributed by atoms with E-state index in [0.717, 1.165) is 16.7 Å². The molecular formula is C16H16ClNO2. The minimum Gasteiger partial charge on any atom is -0.508 e. The molecule has 0 spiro atoms. The van der Waals surface area contributed by atoms with Gasteiger partial charge in [0.05, 0.1) is 6.42 Å². The van der Waals surface area contributed by atoms with Crippen molar-refractivity contribution < 1.29 is 9.90 Å². The lowest BCUT2D eigenvalue weighted by molar-refractivity contribution is -0.115. The molecule has 0 unspecified atom stereocenters. The fourth-order valence-electron chi connectivity index (χ4n) is 1.96. The molecule has 0 saturated carbocycles. The van der Waals surface area contributed by atoms with E-state index in [9.17, 15) is 9.90 Å². The van der Waals surface area contributed by atoms with E-state index in [0.29, 0.717) is 10.7 Å². The summed E-state index contributed by atoms with van der Waals surface area (Å²) in [5.41, 5.74) is 3.14. The predicted molar refractivity (Wildman–Crippen MR) is 81.4 cm³/mol. The minimum atomic E-state index is -0.111. The SMILES string of the molecule is Cc1cc(NC(=O)Cc2cccc(Cl)c2)c(C)cc1O. The van der Waals surface area contributed by atoms with Gasteiger partial charge in [-0.1, -0.05) is 23.7 Å². The second-order valence-electron chi connectivity index (χ2n) is 4.81. The van der Waals surface area contributed by atoms with Crippen LogP contribution in [0.4, 0.5) is 5.69 Å². The molecule has 2 N–H and O–H groups in total. The number of hydrogen-bond donors (Lipinski definition) is 2. The van der Waals surface area contributed by atoms with Crippen LogP contribution in [-0.2, 0) is 11.2 Å². The number of halogens is 1. The Morgan fingerprint density at radius 1 is 1.20 bits per heavy atom. The van der Waals surface area contributed by atoms with Gasteiger partial charge in [-0.15, -0.1) is 0 Å². The molecule has 0 aromatic heterocycles. The number of aryl methyl sites for hydroxylation is 2. The van der Waals surface area contributed by atoms with Crippen molar-refractivity contribution in [2.75, 3.05) is 5.32 Å². The molecule has 2 aromatic carbocycles. The van der Waals surface area contributed by atoms with Crippen LogP contribution in [0.5, 0.6) is 5.75 Å². The molecule has 0 heterocycles. The van der Waals surface area contributed by atoms with Crippen LogP contribution in [0.1, 0.15) is 16.7 Å². The molecule has 0 aliphatic heterocycles. The van der Waals surface area contributed by atoms with Crippen LogP contribution >= 0.6 is 11.6 Å². The molecule has 104 valence electrons. The van der Waals surface area contributed by atoms with Crippen LogP contribution in [0.2, 0.25) is 5.02 Å². The number of anilines is 1. The van der Waals surface area contributed by atoms with Crippen molar-refractivity contribution in [1.82, 2.24) is 0 Å². The third-order valence-corrected chi connectivity index (χ3v) is 3.31. The fourth-order valence-corrected chi connectivity index (χ4v) is 2.18. The Kier molecular flexibility index (Phi) is 4.30. The van der Waals surface area contributed by atoms with Gasteiger partial charge in [0, 0.05) is 10.7 Å². The van der Waals surface area contributed by atoms with Crippen LogP contribution in [0, 0.1) is 13.8 Å². The van der Waals surface area contributed by atoms with Gasteiger partial charge in [-0.3, -0.25) is 4.79 Å². The number of aromatic hydroxyl groups is 1. The molecule has 0 atom stereocenters. The normalized spacial score (nSPS) is 10.3. The molecule has 3 nitrogen and oxygen atoms in total. The maximum atomic E-state index is 12.0. The summed E-state index contributed by atoms with van der Waals surface area (Å²) >= 11 is 5.89. The number of amides is 1. The van der Waals surface area contributed by atoms with E-state index in [1.807, 2.05) is 19.1 Å². The Balaban J connectivity index is 2.10. The number of benzene rings is 2. The first-order valence-electron chi connectivity index (χ1n) is 6.30. The maximum Gasteiger partial charge on any atom is 0.228 e. The molecule has 1 amide bonds. The highest BCUT2D eigenvalue weighted by atomic mass is 35.5. The van der Waals surface area contributed by atoms with Gasteiger partial charge in [0.25, 0.3) is 0 Å². The van der Waals surface area contributed by atoms with Gasteiger partial charge in [-0.05, 0) is 54.8 Å². The van der Waals surface area contributed by atoms with Gasteiger partial charge in [0.1, 0.15) is 5.75 Å². The molecule has 0 radical (unpaired) electrons. The number of nitrogens with one attached hydrogen (secondary N) is 1. The average molecular weight is 290 g/mol. The Labute approximate surface area is 123 Å². The summed E-state index contributed by atoms with van der Waals surface area (Å²) in [5, 5.41) is 13.1. The summed E-state index contributed by atoms with van der Waals surface area (Å²) in [7, 11) is 0. The molecule has 0 aliphatic carbocycles. The second-order valence-corrected chi connectivity index (χ2v) is 5.24. The highest BCUT2D eigenvalue weighted by Gasteiger charge is 2.08. The highest BCUT2D eigenvalue weighted by molar-refractivity contribution is 6.30. The molecule has 0 saturated heterocycles. The Bertz CT molecular complexity index is 653. The lowest BCUT2D eigenvalue weighted by Crippen LogP contribution is -2.15. The van der Waals surface area contributed by atoms with Crippen LogP contribution in [0.3, 0.4) is 0 Å². The maximum absolute atomic E-state index is 12.0. The molecule has 0 fully saturated rings. The van der Waals surface area contributed by atoms with Crippen LogP contribution < -0.4 is 5.32 Å². The molecule has 4 heteroatoms. The van der Waals surface area contributed by atoms with E-state index in [1.165, 1.54) is 0 Å². The van der Waals surface area contributed by atoms with Crippen molar-refractivity contribution in [3.05, 3.63) is 58.1 Å². The first kappa shape index (κ1) is 14.4. The van der Waals surface area contributed by atoms with Crippen LogP contribution in [0.25, 0.3) is 0 Å².